The number of hydrogen-bond acceptors (Lipinski definition) is 6. The number of carbonyl (C=O) groups excluding carboxylic acids is 1. The average Bonchev–Trinajstić information content (AvgIpc) is 3.53. The summed E-state index contributed by atoms with van der Waals surface area (Å²) >= 11 is 2.01. The van der Waals surface area contributed by atoms with Gasteiger partial charge in [0, 0.05) is 53.9 Å². The van der Waals surface area contributed by atoms with E-state index in [1.165, 1.54) is 29.9 Å². The highest BCUT2D eigenvalue weighted by Crippen LogP contribution is 2.34. The first kappa shape index (κ1) is 21.2. The quantitative estimate of drug-likeness (QED) is 0.559. The van der Waals surface area contributed by atoms with Crippen molar-refractivity contribution < 1.29 is 9.32 Å². The minimum Gasteiger partial charge on any atom is -0.339 e. The smallest absolute Gasteiger partial charge is 0.255 e. The monoisotopic (exact) mass is 448 g/mol. The summed E-state index contributed by atoms with van der Waals surface area (Å²) in [6.45, 7) is 3.11. The van der Waals surface area contributed by atoms with Crippen LogP contribution >= 0.6 is 11.8 Å². The molecule has 3 aromatic rings. The average molecular weight is 449 g/mol. The molecular weight excluding hydrogens is 420 g/mol. The van der Waals surface area contributed by atoms with Crippen molar-refractivity contribution in [2.45, 2.75) is 38.1 Å². The van der Waals surface area contributed by atoms with Crippen molar-refractivity contribution in [3.8, 4) is 11.4 Å². The van der Waals surface area contributed by atoms with E-state index in [4.69, 9.17) is 4.52 Å². The van der Waals surface area contributed by atoms with Crippen molar-refractivity contribution in [1.82, 2.24) is 15.0 Å². The summed E-state index contributed by atoms with van der Waals surface area (Å²) in [7, 11) is 0. The first-order valence-corrected chi connectivity index (χ1v) is 12.5. The van der Waals surface area contributed by atoms with Crippen LogP contribution in [0.4, 0.5) is 5.69 Å². The van der Waals surface area contributed by atoms with Crippen LogP contribution in [0.25, 0.3) is 11.4 Å². The molecule has 0 unspecified atom stereocenters. The Labute approximate surface area is 192 Å². The number of amides is 1. The molecule has 1 N–H and O–H groups in total. The summed E-state index contributed by atoms with van der Waals surface area (Å²) in [5.74, 6) is 4.02. The fraction of sp³-hybridized carbons (Fsp3) is 0.400. The van der Waals surface area contributed by atoms with Crippen molar-refractivity contribution in [1.29, 1.82) is 0 Å². The van der Waals surface area contributed by atoms with Crippen LogP contribution in [0.15, 0.2) is 53.1 Å². The van der Waals surface area contributed by atoms with E-state index < -0.39 is 0 Å². The van der Waals surface area contributed by atoms with Gasteiger partial charge in [0.25, 0.3) is 5.91 Å². The van der Waals surface area contributed by atoms with Crippen LogP contribution in [0.2, 0.25) is 0 Å². The maximum Gasteiger partial charge on any atom is 0.255 e. The molecule has 1 aliphatic heterocycles. The normalized spacial score (nSPS) is 17.5. The molecule has 2 aliphatic rings. The van der Waals surface area contributed by atoms with E-state index in [1.54, 1.807) is 0 Å². The highest BCUT2D eigenvalue weighted by Gasteiger charge is 2.23. The van der Waals surface area contributed by atoms with Crippen LogP contribution in [0.3, 0.4) is 0 Å². The number of rotatable bonds is 6. The largest absolute Gasteiger partial charge is 0.339 e. The van der Waals surface area contributed by atoms with E-state index in [1.807, 2.05) is 54.2 Å². The van der Waals surface area contributed by atoms with Gasteiger partial charge in [-0.2, -0.15) is 16.7 Å². The molecule has 2 heterocycles. The SMILES string of the molecule is O=C(Nc1ccc(-c2noc(C3CCCC3)n2)cc1)c1cccc(CN2CCSCC2)c1. The highest BCUT2D eigenvalue weighted by atomic mass is 32.2. The number of anilines is 1. The van der Waals surface area contributed by atoms with E-state index in [-0.39, 0.29) is 5.91 Å². The number of hydrogen-bond donors (Lipinski definition) is 1. The maximum absolute atomic E-state index is 12.8. The van der Waals surface area contributed by atoms with Crippen molar-refractivity contribution in [2.24, 2.45) is 0 Å². The van der Waals surface area contributed by atoms with Gasteiger partial charge >= 0.3 is 0 Å². The zero-order valence-corrected chi connectivity index (χ0v) is 18.9. The number of aromatic nitrogens is 2. The predicted octanol–water partition coefficient (Wildman–Crippen LogP) is 5.20. The van der Waals surface area contributed by atoms with Gasteiger partial charge in [-0.05, 0) is 54.8 Å². The Morgan fingerprint density at radius 1 is 1.09 bits per heavy atom. The molecule has 0 spiro atoms. The van der Waals surface area contributed by atoms with Crippen molar-refractivity contribution in [3.05, 3.63) is 65.5 Å². The van der Waals surface area contributed by atoms with Gasteiger partial charge in [-0.25, -0.2) is 0 Å². The van der Waals surface area contributed by atoms with Crippen LogP contribution in [-0.4, -0.2) is 45.5 Å². The molecule has 1 aliphatic carbocycles. The molecule has 6 nitrogen and oxygen atoms in total. The lowest BCUT2D eigenvalue weighted by Crippen LogP contribution is -2.32. The predicted molar refractivity (Wildman–Crippen MR) is 128 cm³/mol. The molecule has 1 amide bonds. The molecule has 5 rings (SSSR count). The summed E-state index contributed by atoms with van der Waals surface area (Å²) in [5.41, 5.74) is 3.49. The summed E-state index contributed by atoms with van der Waals surface area (Å²) in [6.07, 6.45) is 4.73. The first-order valence-electron chi connectivity index (χ1n) is 11.4. The van der Waals surface area contributed by atoms with Crippen LogP contribution in [0, 0.1) is 0 Å². The Balaban J connectivity index is 1.22. The van der Waals surface area contributed by atoms with Crippen molar-refractivity contribution >= 4 is 23.4 Å². The van der Waals surface area contributed by atoms with Crippen LogP contribution in [-0.2, 0) is 6.54 Å². The summed E-state index contributed by atoms with van der Waals surface area (Å²) in [5, 5.41) is 7.15. The van der Waals surface area contributed by atoms with Crippen LogP contribution < -0.4 is 5.32 Å². The Kier molecular flexibility index (Phi) is 6.55. The van der Waals surface area contributed by atoms with Gasteiger partial charge in [0.2, 0.25) is 11.7 Å². The molecule has 1 saturated carbocycles. The van der Waals surface area contributed by atoms with E-state index >= 15 is 0 Å². The Bertz CT molecular complexity index is 1050. The fourth-order valence-corrected chi connectivity index (χ4v) is 5.40. The molecule has 1 saturated heterocycles. The standard InChI is InChI=1S/C25H28N4O2S/c30-24(21-7-3-4-18(16-21)17-29-12-14-32-15-13-29)26-22-10-8-19(9-11-22)23-27-25(31-28-23)20-5-1-2-6-20/h3-4,7-11,16,20H,1-2,5-6,12-15,17H2,(H,26,30). The fourth-order valence-electron chi connectivity index (χ4n) is 4.43. The molecule has 0 atom stereocenters. The van der Waals surface area contributed by atoms with Gasteiger partial charge in [0.15, 0.2) is 0 Å². The number of thioether (sulfide) groups is 1. The van der Waals surface area contributed by atoms with Crippen LogP contribution in [0.1, 0.15) is 53.4 Å². The zero-order valence-electron chi connectivity index (χ0n) is 18.1. The molecule has 2 fully saturated rings. The second kappa shape index (κ2) is 9.88. The number of benzene rings is 2. The molecular formula is C25H28N4O2S. The third kappa shape index (κ3) is 5.05. The van der Waals surface area contributed by atoms with Gasteiger partial charge < -0.3 is 9.84 Å². The van der Waals surface area contributed by atoms with E-state index in [0.29, 0.717) is 17.3 Å². The van der Waals surface area contributed by atoms with Gasteiger partial charge in [-0.3, -0.25) is 9.69 Å². The summed E-state index contributed by atoms with van der Waals surface area (Å²) in [4.78, 5) is 19.8. The lowest BCUT2D eigenvalue weighted by molar-refractivity contribution is 0.102. The molecule has 0 bridgehead atoms. The minimum absolute atomic E-state index is 0.100. The van der Waals surface area contributed by atoms with Gasteiger partial charge in [0.1, 0.15) is 0 Å². The Morgan fingerprint density at radius 3 is 2.66 bits per heavy atom. The van der Waals surface area contributed by atoms with Crippen molar-refractivity contribution in [2.75, 3.05) is 29.9 Å². The van der Waals surface area contributed by atoms with Gasteiger partial charge in [-0.15, -0.1) is 0 Å². The van der Waals surface area contributed by atoms with Gasteiger partial charge in [-0.1, -0.05) is 30.1 Å². The lowest BCUT2D eigenvalue weighted by atomic mass is 10.1. The minimum atomic E-state index is -0.100. The summed E-state index contributed by atoms with van der Waals surface area (Å²) < 4.78 is 5.49. The van der Waals surface area contributed by atoms with E-state index in [2.05, 4.69) is 26.4 Å². The third-order valence-corrected chi connectivity index (χ3v) is 7.19. The third-order valence-electron chi connectivity index (χ3n) is 6.25. The molecule has 166 valence electrons. The molecule has 1 aromatic heterocycles. The molecule has 32 heavy (non-hydrogen) atoms. The lowest BCUT2D eigenvalue weighted by Gasteiger charge is -2.26. The Morgan fingerprint density at radius 2 is 1.88 bits per heavy atom. The van der Waals surface area contributed by atoms with E-state index in [9.17, 15) is 4.79 Å². The molecule has 0 radical (unpaired) electrons. The second-order valence-electron chi connectivity index (χ2n) is 8.56. The summed E-state index contributed by atoms with van der Waals surface area (Å²) in [6, 6.07) is 15.5. The molecule has 2 aromatic carbocycles. The first-order chi connectivity index (χ1) is 15.7. The topological polar surface area (TPSA) is 71.3 Å². The van der Waals surface area contributed by atoms with Crippen molar-refractivity contribution in [3.63, 3.8) is 0 Å². The second-order valence-corrected chi connectivity index (χ2v) is 9.78. The zero-order chi connectivity index (χ0) is 21.8. The molecule has 7 heteroatoms. The number of nitrogens with zero attached hydrogens (tertiary/aromatic N) is 3. The highest BCUT2D eigenvalue weighted by molar-refractivity contribution is 7.99. The van der Waals surface area contributed by atoms with Gasteiger partial charge in [0.05, 0.1) is 0 Å². The number of nitrogens with one attached hydrogen (secondary N) is 1. The maximum atomic E-state index is 12.8. The Hall–Kier alpha value is -2.64. The van der Waals surface area contributed by atoms with Crippen LogP contribution in [0.5, 0.6) is 0 Å². The number of carbonyl (C=O) groups is 1. The van der Waals surface area contributed by atoms with E-state index in [0.717, 1.165) is 49.6 Å².